The van der Waals surface area contributed by atoms with Crippen molar-refractivity contribution in [3.8, 4) is 0 Å². The minimum atomic E-state index is -0.724. The molecule has 4 heteroatoms. The average Bonchev–Trinajstić information content (AvgIpc) is 2.46. The second kappa shape index (κ2) is 3.56. The summed E-state index contributed by atoms with van der Waals surface area (Å²) in [6.45, 7) is 1.95. The Morgan fingerprint density at radius 2 is 1.75 bits per heavy atom. The van der Waals surface area contributed by atoms with Gasteiger partial charge in [0.05, 0.1) is 0 Å². The smallest absolute Gasteiger partial charge is 0.275 e. The first-order valence-corrected chi connectivity index (χ1v) is 4.99. The Kier molecular flexibility index (Phi) is 2.34. The van der Waals surface area contributed by atoms with Crippen LogP contribution in [0.4, 0.5) is 0 Å². The van der Waals surface area contributed by atoms with Crippen LogP contribution in [0.15, 0.2) is 24.3 Å². The van der Waals surface area contributed by atoms with Crippen LogP contribution in [-0.4, -0.2) is 29.5 Å². The predicted molar refractivity (Wildman–Crippen MR) is 59.4 cm³/mol. The number of nitrogens with one attached hydrogen (secondary N) is 1. The summed E-state index contributed by atoms with van der Waals surface area (Å²) in [7, 11) is 1.41. The third-order valence-corrected chi connectivity index (χ3v) is 2.81. The molecule has 0 bridgehead atoms. The zero-order valence-corrected chi connectivity index (χ0v) is 9.15. The van der Waals surface area contributed by atoms with Gasteiger partial charge in [-0.2, -0.15) is 0 Å². The van der Waals surface area contributed by atoms with Crippen LogP contribution in [0.5, 0.6) is 0 Å². The Balaban J connectivity index is 2.42. The minimum absolute atomic E-state index is 0.142. The van der Waals surface area contributed by atoms with Crippen LogP contribution in [0, 0.1) is 12.3 Å². The Bertz CT molecular complexity index is 476. The summed E-state index contributed by atoms with van der Waals surface area (Å²) in [5, 5.41) is 7.65. The molecular formula is C12H12N2O2. The number of likely N-dealkylation sites (tertiary alicyclic amines) is 1. The topological polar surface area (TPSA) is 61.2 Å². The molecule has 1 fully saturated rings. The molecule has 2 amide bonds. The first kappa shape index (κ1) is 10.5. The molecule has 0 aliphatic carbocycles. The van der Waals surface area contributed by atoms with Crippen LogP contribution in [0.2, 0.25) is 0 Å². The Labute approximate surface area is 93.4 Å². The van der Waals surface area contributed by atoms with Crippen LogP contribution in [0.1, 0.15) is 17.0 Å². The number of likely N-dealkylation sites (N-methyl/N-ethyl adjacent to an activating group) is 1. The van der Waals surface area contributed by atoms with Crippen molar-refractivity contribution in [3.05, 3.63) is 35.4 Å². The number of benzene rings is 1. The second-order valence-corrected chi connectivity index (χ2v) is 3.96. The summed E-state index contributed by atoms with van der Waals surface area (Å²) >= 11 is 0. The largest absolute Gasteiger partial charge is 0.299 e. The van der Waals surface area contributed by atoms with Crippen LogP contribution < -0.4 is 0 Å². The molecule has 0 aromatic heterocycles. The summed E-state index contributed by atoms with van der Waals surface area (Å²) in [4.78, 5) is 24.2. The van der Waals surface area contributed by atoms with Gasteiger partial charge in [0, 0.05) is 7.05 Å². The number of carbonyl (C=O) groups excluding carboxylic acids is 2. The molecule has 1 heterocycles. The third kappa shape index (κ3) is 1.43. The summed E-state index contributed by atoms with van der Waals surface area (Å²) in [6.07, 6.45) is 0. The van der Waals surface area contributed by atoms with Crippen molar-refractivity contribution in [3.63, 3.8) is 0 Å². The maximum absolute atomic E-state index is 11.8. The van der Waals surface area contributed by atoms with Crippen molar-refractivity contribution < 1.29 is 9.59 Å². The molecule has 1 aliphatic heterocycles. The Hall–Kier alpha value is -1.97. The number of carbonyl (C=O) groups is 2. The van der Waals surface area contributed by atoms with Crippen LogP contribution in [0.25, 0.3) is 0 Å². The average molecular weight is 216 g/mol. The van der Waals surface area contributed by atoms with Gasteiger partial charge in [-0.25, -0.2) is 0 Å². The molecule has 1 saturated heterocycles. The van der Waals surface area contributed by atoms with E-state index in [2.05, 4.69) is 0 Å². The highest BCUT2D eigenvalue weighted by Crippen LogP contribution is 2.26. The minimum Gasteiger partial charge on any atom is -0.299 e. The maximum atomic E-state index is 11.8. The monoisotopic (exact) mass is 216 g/mol. The normalized spacial score (nSPS) is 20.8. The highest BCUT2D eigenvalue weighted by atomic mass is 16.2. The summed E-state index contributed by atoms with van der Waals surface area (Å²) in [6, 6.07) is 7.33. The van der Waals surface area contributed by atoms with E-state index in [9.17, 15) is 9.59 Å². The quantitative estimate of drug-likeness (QED) is 0.714. The van der Waals surface area contributed by atoms with Crippen LogP contribution in [-0.2, 0) is 9.59 Å². The SMILES string of the molecule is Cc1ccc(C2C(=N)C(=O)N(C)C2=O)cc1. The first-order valence-electron chi connectivity index (χ1n) is 4.99. The maximum Gasteiger partial charge on any atom is 0.275 e. The van der Waals surface area contributed by atoms with Gasteiger partial charge in [-0.15, -0.1) is 0 Å². The number of rotatable bonds is 1. The van der Waals surface area contributed by atoms with Gasteiger partial charge in [-0.1, -0.05) is 29.8 Å². The number of aryl methyl sites for hydroxylation is 1. The second-order valence-electron chi connectivity index (χ2n) is 3.96. The van der Waals surface area contributed by atoms with Gasteiger partial charge in [-0.3, -0.25) is 19.9 Å². The van der Waals surface area contributed by atoms with E-state index < -0.39 is 11.8 Å². The standard InChI is InChI=1S/C12H12N2O2/c1-7-3-5-8(6-4-7)9-10(13)12(16)14(2)11(9)15/h3-6,9,13H,1-2H3. The molecule has 0 radical (unpaired) electrons. The highest BCUT2D eigenvalue weighted by molar-refractivity contribution is 6.50. The predicted octanol–water partition coefficient (Wildman–Crippen LogP) is 1.10. The lowest BCUT2D eigenvalue weighted by molar-refractivity contribution is -0.136. The van der Waals surface area contributed by atoms with Gasteiger partial charge >= 0.3 is 0 Å². The van der Waals surface area contributed by atoms with Gasteiger partial charge < -0.3 is 0 Å². The van der Waals surface area contributed by atoms with Crippen molar-refractivity contribution in [2.45, 2.75) is 12.8 Å². The number of hydrogen-bond donors (Lipinski definition) is 1. The summed E-state index contributed by atoms with van der Waals surface area (Å²) in [5.41, 5.74) is 1.65. The molecule has 1 aliphatic rings. The number of amides is 2. The Morgan fingerprint density at radius 1 is 1.19 bits per heavy atom. The van der Waals surface area contributed by atoms with Gasteiger partial charge in [0.2, 0.25) is 5.91 Å². The van der Waals surface area contributed by atoms with Gasteiger partial charge in [0.15, 0.2) is 0 Å². The fourth-order valence-corrected chi connectivity index (χ4v) is 1.79. The molecule has 4 nitrogen and oxygen atoms in total. The van der Waals surface area contributed by atoms with E-state index in [1.807, 2.05) is 19.1 Å². The van der Waals surface area contributed by atoms with Crippen molar-refractivity contribution in [2.75, 3.05) is 7.05 Å². The molecule has 0 saturated carbocycles. The van der Waals surface area contributed by atoms with Gasteiger partial charge in [0.1, 0.15) is 11.6 Å². The van der Waals surface area contributed by atoms with E-state index >= 15 is 0 Å². The fourth-order valence-electron chi connectivity index (χ4n) is 1.79. The van der Waals surface area contributed by atoms with Crippen LogP contribution in [0.3, 0.4) is 0 Å². The van der Waals surface area contributed by atoms with Crippen molar-refractivity contribution >= 4 is 17.5 Å². The molecule has 16 heavy (non-hydrogen) atoms. The zero-order chi connectivity index (χ0) is 11.9. The zero-order valence-electron chi connectivity index (χ0n) is 9.15. The first-order chi connectivity index (χ1) is 7.52. The molecule has 1 aromatic carbocycles. The lowest BCUT2D eigenvalue weighted by Gasteiger charge is -2.08. The molecule has 1 unspecified atom stereocenters. The van der Waals surface area contributed by atoms with E-state index in [4.69, 9.17) is 5.41 Å². The lowest BCUT2D eigenvalue weighted by atomic mass is 9.95. The molecule has 1 N–H and O–H groups in total. The fraction of sp³-hybridized carbons (Fsp3) is 0.250. The number of imide groups is 1. The molecule has 1 atom stereocenters. The summed E-state index contributed by atoms with van der Waals surface area (Å²) < 4.78 is 0. The van der Waals surface area contributed by atoms with Crippen LogP contribution >= 0.6 is 0 Å². The molecule has 0 spiro atoms. The third-order valence-electron chi connectivity index (χ3n) is 2.81. The highest BCUT2D eigenvalue weighted by Gasteiger charge is 2.42. The van der Waals surface area contributed by atoms with E-state index in [0.717, 1.165) is 10.5 Å². The molecule has 82 valence electrons. The van der Waals surface area contributed by atoms with E-state index in [-0.39, 0.29) is 11.6 Å². The molecule has 1 aromatic rings. The van der Waals surface area contributed by atoms with Crippen molar-refractivity contribution in [2.24, 2.45) is 0 Å². The van der Waals surface area contributed by atoms with E-state index in [1.54, 1.807) is 12.1 Å². The van der Waals surface area contributed by atoms with Gasteiger partial charge in [0.25, 0.3) is 5.91 Å². The van der Waals surface area contributed by atoms with Gasteiger partial charge in [-0.05, 0) is 12.5 Å². The van der Waals surface area contributed by atoms with E-state index in [0.29, 0.717) is 5.56 Å². The summed E-state index contributed by atoms with van der Waals surface area (Å²) in [5.74, 6) is -1.55. The van der Waals surface area contributed by atoms with Crippen molar-refractivity contribution in [1.82, 2.24) is 4.90 Å². The Morgan fingerprint density at radius 3 is 2.19 bits per heavy atom. The number of hydrogen-bond acceptors (Lipinski definition) is 3. The molecular weight excluding hydrogens is 204 g/mol. The van der Waals surface area contributed by atoms with E-state index in [1.165, 1.54) is 7.05 Å². The number of nitrogens with zero attached hydrogens (tertiary/aromatic N) is 1. The molecule has 2 rings (SSSR count). The van der Waals surface area contributed by atoms with Crippen molar-refractivity contribution in [1.29, 1.82) is 5.41 Å². The lowest BCUT2D eigenvalue weighted by Crippen LogP contribution is -2.25.